The molecule has 6 nitrogen and oxygen atoms in total. The molecule has 0 saturated carbocycles. The fourth-order valence-corrected chi connectivity index (χ4v) is 3.58. The highest BCUT2D eigenvalue weighted by atomic mass is 32.1. The Morgan fingerprint density at radius 3 is 2.43 bits per heavy atom. The van der Waals surface area contributed by atoms with Crippen LogP contribution >= 0.6 is 11.3 Å². The van der Waals surface area contributed by atoms with Gasteiger partial charge in [-0.2, -0.15) is 0 Å². The molecule has 1 amide bonds. The molecule has 3 aromatic rings. The molecular weight excluding hydrogens is 402 g/mol. The third kappa shape index (κ3) is 6.02. The molecule has 0 aliphatic heterocycles. The second-order valence-corrected chi connectivity index (χ2v) is 7.58. The second kappa shape index (κ2) is 10.4. The van der Waals surface area contributed by atoms with Crippen molar-refractivity contribution in [2.75, 3.05) is 13.2 Å². The Kier molecular flexibility index (Phi) is 7.34. The van der Waals surface area contributed by atoms with Gasteiger partial charge in [0.25, 0.3) is 0 Å². The minimum Gasteiger partial charge on any atom is -0.456 e. The number of carbonyl (C=O) groups is 3. The van der Waals surface area contributed by atoms with E-state index >= 15 is 0 Å². The summed E-state index contributed by atoms with van der Waals surface area (Å²) in [6.07, 6.45) is 0.640. The van der Waals surface area contributed by atoms with Gasteiger partial charge in [0.15, 0.2) is 6.61 Å². The van der Waals surface area contributed by atoms with Gasteiger partial charge in [-0.25, -0.2) is 4.79 Å². The van der Waals surface area contributed by atoms with Crippen molar-refractivity contribution in [3.05, 3.63) is 82.0 Å². The van der Waals surface area contributed by atoms with Crippen LogP contribution in [0.25, 0.3) is 0 Å². The average Bonchev–Trinajstić information content (AvgIpc) is 3.22. The van der Waals surface area contributed by atoms with E-state index in [1.165, 1.54) is 18.3 Å². The van der Waals surface area contributed by atoms with Gasteiger partial charge in [0.2, 0.25) is 11.7 Å². The van der Waals surface area contributed by atoms with Crippen LogP contribution in [-0.2, 0) is 16.0 Å². The van der Waals surface area contributed by atoms with Crippen molar-refractivity contribution in [2.45, 2.75) is 13.3 Å². The maximum absolute atomic E-state index is 12.5. The van der Waals surface area contributed by atoms with E-state index in [1.54, 1.807) is 42.5 Å². The Labute approximate surface area is 178 Å². The van der Waals surface area contributed by atoms with Crippen LogP contribution in [0, 0.1) is 0 Å². The Bertz CT molecular complexity index is 1030. The number of benzene rings is 2. The number of ether oxygens (including phenoxy) is 2. The van der Waals surface area contributed by atoms with Gasteiger partial charge in [-0.1, -0.05) is 30.3 Å². The zero-order valence-electron chi connectivity index (χ0n) is 16.4. The minimum atomic E-state index is -0.627. The first-order valence-corrected chi connectivity index (χ1v) is 10.2. The first kappa shape index (κ1) is 21.3. The smallest absolute Gasteiger partial charge is 0.342 e. The van der Waals surface area contributed by atoms with Gasteiger partial charge in [-0.3, -0.25) is 9.59 Å². The summed E-state index contributed by atoms with van der Waals surface area (Å²) >= 11 is 1.33. The van der Waals surface area contributed by atoms with Crippen molar-refractivity contribution in [2.24, 2.45) is 0 Å². The number of esters is 1. The Balaban J connectivity index is 1.57. The maximum atomic E-state index is 12.5. The normalized spacial score (nSPS) is 10.3. The van der Waals surface area contributed by atoms with E-state index in [-0.39, 0.29) is 23.9 Å². The number of ketones is 1. The van der Waals surface area contributed by atoms with E-state index in [2.05, 4.69) is 5.32 Å². The standard InChI is InChI=1S/C23H21NO5S/c1-16(25)24-14-13-18-11-12-22(30-18)20(26)15-28-23(27)19-9-5-6-10-21(19)29-17-7-3-2-4-8-17/h2-12H,13-15H2,1H3,(H,24,25). The predicted molar refractivity (Wildman–Crippen MR) is 114 cm³/mol. The zero-order chi connectivity index (χ0) is 21.3. The number of rotatable bonds is 9. The molecule has 1 N–H and O–H groups in total. The highest BCUT2D eigenvalue weighted by molar-refractivity contribution is 7.14. The van der Waals surface area contributed by atoms with E-state index in [9.17, 15) is 14.4 Å². The number of para-hydroxylation sites is 2. The van der Waals surface area contributed by atoms with E-state index < -0.39 is 5.97 Å². The Hall–Kier alpha value is -3.45. The molecule has 0 fully saturated rings. The average molecular weight is 423 g/mol. The van der Waals surface area contributed by atoms with E-state index in [0.29, 0.717) is 29.3 Å². The van der Waals surface area contributed by atoms with Crippen LogP contribution in [0.1, 0.15) is 31.8 Å². The van der Waals surface area contributed by atoms with Crippen LogP contribution in [-0.4, -0.2) is 30.8 Å². The van der Waals surface area contributed by atoms with Crippen LogP contribution in [0.3, 0.4) is 0 Å². The van der Waals surface area contributed by atoms with Gasteiger partial charge in [-0.05, 0) is 42.8 Å². The molecule has 154 valence electrons. The SMILES string of the molecule is CC(=O)NCCc1ccc(C(=O)COC(=O)c2ccccc2Oc2ccccc2)s1. The topological polar surface area (TPSA) is 81.7 Å². The minimum absolute atomic E-state index is 0.0914. The van der Waals surface area contributed by atoms with Crippen LogP contribution in [0.2, 0.25) is 0 Å². The largest absolute Gasteiger partial charge is 0.456 e. The fourth-order valence-electron chi connectivity index (χ4n) is 2.64. The van der Waals surface area contributed by atoms with Gasteiger partial charge in [0.1, 0.15) is 17.1 Å². The third-order valence-corrected chi connectivity index (χ3v) is 5.28. The molecule has 0 aliphatic rings. The van der Waals surface area contributed by atoms with Crippen LogP contribution in [0.15, 0.2) is 66.7 Å². The number of amides is 1. The molecule has 0 aliphatic carbocycles. The summed E-state index contributed by atoms with van der Waals surface area (Å²) in [7, 11) is 0. The van der Waals surface area contributed by atoms with Crippen LogP contribution < -0.4 is 10.1 Å². The van der Waals surface area contributed by atoms with Gasteiger partial charge in [-0.15, -0.1) is 11.3 Å². The van der Waals surface area contributed by atoms with Gasteiger partial charge >= 0.3 is 5.97 Å². The molecular formula is C23H21NO5S. The maximum Gasteiger partial charge on any atom is 0.342 e. The van der Waals surface area contributed by atoms with E-state index in [0.717, 1.165) is 4.88 Å². The van der Waals surface area contributed by atoms with E-state index in [1.807, 2.05) is 24.3 Å². The van der Waals surface area contributed by atoms with Gasteiger partial charge in [0.05, 0.1) is 4.88 Å². The molecule has 0 unspecified atom stereocenters. The quantitative estimate of drug-likeness (QED) is 0.411. The summed E-state index contributed by atoms with van der Waals surface area (Å²) < 4.78 is 11.0. The lowest BCUT2D eigenvalue weighted by Gasteiger charge is -2.10. The second-order valence-electron chi connectivity index (χ2n) is 6.41. The molecule has 7 heteroatoms. The number of nitrogens with one attached hydrogen (secondary N) is 1. The molecule has 2 aromatic carbocycles. The zero-order valence-corrected chi connectivity index (χ0v) is 17.2. The highest BCUT2D eigenvalue weighted by Crippen LogP contribution is 2.26. The molecule has 1 heterocycles. The molecule has 30 heavy (non-hydrogen) atoms. The Morgan fingerprint density at radius 1 is 0.933 bits per heavy atom. The summed E-state index contributed by atoms with van der Waals surface area (Å²) in [5.41, 5.74) is 0.247. The lowest BCUT2D eigenvalue weighted by Crippen LogP contribution is -2.22. The summed E-state index contributed by atoms with van der Waals surface area (Å²) in [5.74, 6) is -0.0408. The summed E-state index contributed by atoms with van der Waals surface area (Å²) in [4.78, 5) is 37.3. The molecule has 0 atom stereocenters. The molecule has 0 radical (unpaired) electrons. The molecule has 0 spiro atoms. The number of hydrogen-bond acceptors (Lipinski definition) is 6. The number of thiophene rings is 1. The van der Waals surface area contributed by atoms with Gasteiger partial charge < -0.3 is 14.8 Å². The van der Waals surface area contributed by atoms with Crippen LogP contribution in [0.5, 0.6) is 11.5 Å². The fraction of sp³-hybridized carbons (Fsp3) is 0.174. The highest BCUT2D eigenvalue weighted by Gasteiger charge is 2.17. The van der Waals surface area contributed by atoms with E-state index in [4.69, 9.17) is 9.47 Å². The lowest BCUT2D eigenvalue weighted by atomic mass is 10.2. The van der Waals surface area contributed by atoms with Crippen molar-refractivity contribution < 1.29 is 23.9 Å². The monoisotopic (exact) mass is 423 g/mol. The number of hydrogen-bond donors (Lipinski definition) is 1. The summed E-state index contributed by atoms with van der Waals surface area (Å²) in [6, 6.07) is 19.4. The molecule has 0 bridgehead atoms. The van der Waals surface area contributed by atoms with Crippen molar-refractivity contribution in [1.82, 2.24) is 5.32 Å². The summed E-state index contributed by atoms with van der Waals surface area (Å²) in [5, 5.41) is 2.71. The number of Topliss-reactive ketones (excluding diaryl/α,β-unsaturated/α-hetero) is 1. The molecule has 1 aromatic heterocycles. The lowest BCUT2D eigenvalue weighted by molar-refractivity contribution is -0.118. The number of carbonyl (C=O) groups excluding carboxylic acids is 3. The van der Waals surface area contributed by atoms with Gasteiger partial charge in [0, 0.05) is 18.3 Å². The van der Waals surface area contributed by atoms with Crippen LogP contribution in [0.4, 0.5) is 0 Å². The first-order valence-electron chi connectivity index (χ1n) is 9.38. The van der Waals surface area contributed by atoms with Crippen molar-refractivity contribution >= 4 is 29.0 Å². The molecule has 0 saturated heterocycles. The van der Waals surface area contributed by atoms with Crippen molar-refractivity contribution in [3.8, 4) is 11.5 Å². The first-order chi connectivity index (χ1) is 14.5. The third-order valence-electron chi connectivity index (χ3n) is 4.09. The predicted octanol–water partition coefficient (Wildman–Crippen LogP) is 4.26. The van der Waals surface area contributed by atoms with Crippen molar-refractivity contribution in [3.63, 3.8) is 0 Å². The summed E-state index contributed by atoms with van der Waals surface area (Å²) in [6.45, 7) is 1.61. The molecule has 3 rings (SSSR count). The Morgan fingerprint density at radius 2 is 1.67 bits per heavy atom. The van der Waals surface area contributed by atoms with Crippen molar-refractivity contribution in [1.29, 1.82) is 0 Å².